The van der Waals surface area contributed by atoms with E-state index in [4.69, 9.17) is 0 Å². The quantitative estimate of drug-likeness (QED) is 0.809. The molecule has 1 aromatic carbocycles. The summed E-state index contributed by atoms with van der Waals surface area (Å²) in [5.74, 6) is -1.99. The SMILES string of the molecule is CCCNC(=O)NC(=O)COC(=O)c1cccc(C(F)(F)F)c1. The largest absolute Gasteiger partial charge is 0.452 e. The van der Waals surface area contributed by atoms with Crippen LogP contribution in [0.25, 0.3) is 0 Å². The van der Waals surface area contributed by atoms with Gasteiger partial charge >= 0.3 is 18.2 Å². The van der Waals surface area contributed by atoms with Crippen molar-refractivity contribution >= 4 is 17.9 Å². The number of nitrogens with one attached hydrogen (secondary N) is 2. The van der Waals surface area contributed by atoms with Crippen LogP contribution in [0.5, 0.6) is 0 Å². The molecule has 0 fully saturated rings. The second kappa shape index (κ2) is 8.16. The molecule has 126 valence electrons. The molecule has 0 bridgehead atoms. The Morgan fingerprint density at radius 3 is 2.52 bits per heavy atom. The number of ether oxygens (including phenoxy) is 1. The number of urea groups is 1. The van der Waals surface area contributed by atoms with E-state index in [2.05, 4.69) is 10.1 Å². The zero-order valence-corrected chi connectivity index (χ0v) is 12.2. The van der Waals surface area contributed by atoms with Crippen molar-refractivity contribution < 1.29 is 32.3 Å². The summed E-state index contributed by atoms with van der Waals surface area (Å²) in [6.07, 6.45) is -3.92. The Labute approximate surface area is 130 Å². The van der Waals surface area contributed by atoms with Crippen LogP contribution in [0.4, 0.5) is 18.0 Å². The number of rotatable bonds is 5. The normalized spacial score (nSPS) is 10.8. The predicted octanol–water partition coefficient (Wildman–Crippen LogP) is 2.10. The molecule has 1 aromatic rings. The molecule has 23 heavy (non-hydrogen) atoms. The number of benzene rings is 1. The van der Waals surface area contributed by atoms with Gasteiger partial charge in [-0.3, -0.25) is 10.1 Å². The van der Waals surface area contributed by atoms with E-state index in [9.17, 15) is 27.6 Å². The van der Waals surface area contributed by atoms with Gasteiger partial charge in [0.25, 0.3) is 5.91 Å². The number of alkyl halides is 3. The van der Waals surface area contributed by atoms with Crippen molar-refractivity contribution in [3.63, 3.8) is 0 Å². The molecule has 6 nitrogen and oxygen atoms in total. The number of imide groups is 1. The average molecular weight is 332 g/mol. The number of hydrogen-bond acceptors (Lipinski definition) is 4. The van der Waals surface area contributed by atoms with Crippen LogP contribution in [0.2, 0.25) is 0 Å². The van der Waals surface area contributed by atoms with Crippen LogP contribution in [-0.2, 0) is 15.7 Å². The molecule has 0 aliphatic heterocycles. The third-order valence-corrected chi connectivity index (χ3v) is 2.55. The first-order chi connectivity index (χ1) is 10.7. The highest BCUT2D eigenvalue weighted by Crippen LogP contribution is 2.29. The summed E-state index contributed by atoms with van der Waals surface area (Å²) in [5, 5.41) is 4.28. The molecule has 0 unspecified atom stereocenters. The van der Waals surface area contributed by atoms with Crippen molar-refractivity contribution in [3.05, 3.63) is 35.4 Å². The molecular weight excluding hydrogens is 317 g/mol. The van der Waals surface area contributed by atoms with Crippen LogP contribution in [0, 0.1) is 0 Å². The van der Waals surface area contributed by atoms with Crippen molar-refractivity contribution in [1.29, 1.82) is 0 Å². The highest BCUT2D eigenvalue weighted by molar-refractivity contribution is 5.97. The Morgan fingerprint density at radius 1 is 1.22 bits per heavy atom. The molecule has 0 aromatic heterocycles. The zero-order valence-electron chi connectivity index (χ0n) is 12.2. The number of amides is 3. The van der Waals surface area contributed by atoms with Crippen LogP contribution in [0.15, 0.2) is 24.3 Å². The average Bonchev–Trinajstić information content (AvgIpc) is 2.50. The van der Waals surface area contributed by atoms with E-state index in [1.54, 1.807) is 0 Å². The van der Waals surface area contributed by atoms with E-state index in [1.165, 1.54) is 0 Å². The highest BCUT2D eigenvalue weighted by atomic mass is 19.4. The van der Waals surface area contributed by atoms with Gasteiger partial charge in [0.1, 0.15) is 0 Å². The van der Waals surface area contributed by atoms with Gasteiger partial charge in [-0.25, -0.2) is 9.59 Å². The molecular formula is C14H15F3N2O4. The van der Waals surface area contributed by atoms with E-state index in [-0.39, 0.29) is 5.56 Å². The first-order valence-corrected chi connectivity index (χ1v) is 6.66. The Morgan fingerprint density at radius 2 is 1.91 bits per heavy atom. The minimum absolute atomic E-state index is 0.344. The molecule has 2 N–H and O–H groups in total. The van der Waals surface area contributed by atoms with E-state index < -0.39 is 36.3 Å². The maximum absolute atomic E-state index is 12.5. The predicted molar refractivity (Wildman–Crippen MR) is 73.6 cm³/mol. The summed E-state index contributed by atoms with van der Waals surface area (Å²) in [7, 11) is 0. The van der Waals surface area contributed by atoms with Gasteiger partial charge in [-0.1, -0.05) is 13.0 Å². The smallest absolute Gasteiger partial charge is 0.416 e. The topological polar surface area (TPSA) is 84.5 Å². The van der Waals surface area contributed by atoms with Gasteiger partial charge in [0.05, 0.1) is 11.1 Å². The molecule has 1 rings (SSSR count). The second-order valence-corrected chi connectivity index (χ2v) is 4.46. The minimum atomic E-state index is -4.59. The first kappa shape index (κ1) is 18.5. The van der Waals surface area contributed by atoms with E-state index in [1.807, 2.05) is 12.2 Å². The fourth-order valence-corrected chi connectivity index (χ4v) is 1.48. The lowest BCUT2D eigenvalue weighted by molar-refractivity contribution is -0.137. The number of esters is 1. The highest BCUT2D eigenvalue weighted by Gasteiger charge is 2.31. The molecule has 3 amide bonds. The van der Waals surface area contributed by atoms with Crippen molar-refractivity contribution in [2.75, 3.05) is 13.2 Å². The van der Waals surface area contributed by atoms with Crippen LogP contribution in [-0.4, -0.2) is 31.1 Å². The Kier molecular flexibility index (Phi) is 6.55. The summed E-state index contributed by atoms with van der Waals surface area (Å²) in [5.41, 5.74) is -1.35. The third kappa shape index (κ3) is 6.37. The van der Waals surface area contributed by atoms with Gasteiger partial charge in [-0.05, 0) is 24.6 Å². The van der Waals surface area contributed by atoms with Crippen molar-refractivity contribution in [2.24, 2.45) is 0 Å². The number of carbonyl (C=O) groups is 3. The van der Waals surface area contributed by atoms with E-state index in [0.29, 0.717) is 19.0 Å². The summed E-state index contributed by atoms with van der Waals surface area (Å²) >= 11 is 0. The second-order valence-electron chi connectivity index (χ2n) is 4.46. The number of hydrogen-bond donors (Lipinski definition) is 2. The lowest BCUT2D eigenvalue weighted by Gasteiger charge is -2.09. The first-order valence-electron chi connectivity index (χ1n) is 6.66. The molecule has 0 aliphatic carbocycles. The molecule has 0 spiro atoms. The van der Waals surface area contributed by atoms with E-state index in [0.717, 1.165) is 18.2 Å². The van der Waals surface area contributed by atoms with E-state index >= 15 is 0 Å². The van der Waals surface area contributed by atoms with Gasteiger partial charge in [0, 0.05) is 6.54 Å². The molecule has 0 aliphatic rings. The van der Waals surface area contributed by atoms with Gasteiger partial charge in [0.2, 0.25) is 0 Å². The lowest BCUT2D eigenvalue weighted by Crippen LogP contribution is -2.41. The van der Waals surface area contributed by atoms with Crippen LogP contribution < -0.4 is 10.6 Å². The van der Waals surface area contributed by atoms with Crippen LogP contribution in [0.3, 0.4) is 0 Å². The number of halogens is 3. The van der Waals surface area contributed by atoms with Crippen molar-refractivity contribution in [2.45, 2.75) is 19.5 Å². The molecule has 0 atom stereocenters. The van der Waals surface area contributed by atoms with Crippen molar-refractivity contribution in [1.82, 2.24) is 10.6 Å². The summed E-state index contributed by atoms with van der Waals surface area (Å²) in [4.78, 5) is 34.1. The molecule has 9 heteroatoms. The summed E-state index contributed by atoms with van der Waals surface area (Å²) in [6, 6.07) is 2.86. The summed E-state index contributed by atoms with van der Waals surface area (Å²) in [6.45, 7) is 1.40. The number of carbonyl (C=O) groups excluding carboxylic acids is 3. The summed E-state index contributed by atoms with van der Waals surface area (Å²) < 4.78 is 42.2. The molecule has 0 radical (unpaired) electrons. The van der Waals surface area contributed by atoms with Crippen LogP contribution in [0.1, 0.15) is 29.3 Å². The van der Waals surface area contributed by atoms with Gasteiger partial charge < -0.3 is 10.1 Å². The fourth-order valence-electron chi connectivity index (χ4n) is 1.48. The Hall–Kier alpha value is -2.58. The Balaban J connectivity index is 2.54. The van der Waals surface area contributed by atoms with Gasteiger partial charge in [-0.2, -0.15) is 13.2 Å². The maximum Gasteiger partial charge on any atom is 0.416 e. The molecule has 0 saturated heterocycles. The minimum Gasteiger partial charge on any atom is -0.452 e. The maximum atomic E-state index is 12.5. The van der Waals surface area contributed by atoms with Gasteiger partial charge in [-0.15, -0.1) is 0 Å². The van der Waals surface area contributed by atoms with Crippen molar-refractivity contribution in [3.8, 4) is 0 Å². The Bertz CT molecular complexity index is 588. The van der Waals surface area contributed by atoms with Crippen LogP contribution >= 0.6 is 0 Å². The fraction of sp³-hybridized carbons (Fsp3) is 0.357. The zero-order chi connectivity index (χ0) is 17.5. The third-order valence-electron chi connectivity index (χ3n) is 2.55. The molecule has 0 saturated carbocycles. The van der Waals surface area contributed by atoms with Gasteiger partial charge in [0.15, 0.2) is 6.61 Å². The molecule has 0 heterocycles. The monoisotopic (exact) mass is 332 g/mol. The standard InChI is InChI=1S/C14H15F3N2O4/c1-2-6-18-13(22)19-11(20)8-23-12(21)9-4-3-5-10(7-9)14(15,16)17/h3-5,7H,2,6,8H2,1H3,(H2,18,19,20,22). The lowest BCUT2D eigenvalue weighted by atomic mass is 10.1.